The van der Waals surface area contributed by atoms with Gasteiger partial charge in [0.25, 0.3) is 0 Å². The summed E-state index contributed by atoms with van der Waals surface area (Å²) in [6.45, 7) is 5.80. The van der Waals surface area contributed by atoms with E-state index in [4.69, 9.17) is 21.1 Å². The Hall–Kier alpha value is -1.10. The third-order valence-corrected chi connectivity index (χ3v) is 3.43. The zero-order valence-electron chi connectivity index (χ0n) is 12.5. The van der Waals surface area contributed by atoms with Crippen LogP contribution < -0.4 is 4.74 Å². The molecular weight excluding hydrogens is 278 g/mol. The van der Waals surface area contributed by atoms with Crippen LogP contribution in [-0.2, 0) is 4.74 Å². The molecule has 112 valence electrons. The van der Waals surface area contributed by atoms with Crippen molar-refractivity contribution in [2.45, 2.75) is 19.9 Å². The number of nitrogens with zero attached hydrogens (tertiary/aromatic N) is 1. The molecule has 0 amide bonds. The number of carbonyl (C=O) groups is 1. The van der Waals surface area contributed by atoms with Crippen LogP contribution in [0.3, 0.4) is 0 Å². The summed E-state index contributed by atoms with van der Waals surface area (Å²) in [5, 5.41) is 0.450. The first kappa shape index (κ1) is 17.0. The lowest BCUT2D eigenvalue weighted by Gasteiger charge is -2.25. The van der Waals surface area contributed by atoms with E-state index in [0.29, 0.717) is 29.5 Å². The van der Waals surface area contributed by atoms with Gasteiger partial charge in [-0.1, -0.05) is 11.6 Å². The molecule has 0 spiro atoms. The summed E-state index contributed by atoms with van der Waals surface area (Å²) in [6, 6.07) is 5.38. The maximum atomic E-state index is 12.3. The van der Waals surface area contributed by atoms with E-state index in [1.54, 1.807) is 32.4 Å². The van der Waals surface area contributed by atoms with Crippen molar-refractivity contribution >= 4 is 17.4 Å². The Morgan fingerprint density at radius 2 is 2.05 bits per heavy atom. The molecule has 0 aromatic heterocycles. The second-order valence-electron chi connectivity index (χ2n) is 4.83. The van der Waals surface area contributed by atoms with E-state index in [1.807, 2.05) is 0 Å². The molecular formula is C15H22ClNO3. The Morgan fingerprint density at radius 1 is 1.35 bits per heavy atom. The summed E-state index contributed by atoms with van der Waals surface area (Å²) in [6.07, 6.45) is 0. The van der Waals surface area contributed by atoms with Gasteiger partial charge in [0.1, 0.15) is 5.75 Å². The van der Waals surface area contributed by atoms with E-state index < -0.39 is 0 Å². The number of hydrogen-bond donors (Lipinski definition) is 0. The van der Waals surface area contributed by atoms with Gasteiger partial charge in [-0.2, -0.15) is 0 Å². The molecule has 4 nitrogen and oxygen atoms in total. The minimum atomic E-state index is 0.0411. The molecule has 0 saturated heterocycles. The lowest BCUT2D eigenvalue weighted by atomic mass is 10.1. The van der Waals surface area contributed by atoms with E-state index in [9.17, 15) is 4.79 Å². The number of hydrogen-bond acceptors (Lipinski definition) is 4. The summed E-state index contributed by atoms with van der Waals surface area (Å²) < 4.78 is 10.2. The number of ether oxygens (including phenoxy) is 2. The van der Waals surface area contributed by atoms with Gasteiger partial charge in [0, 0.05) is 25.3 Å². The van der Waals surface area contributed by atoms with Crippen LogP contribution in [0.5, 0.6) is 5.75 Å². The molecule has 1 rings (SSSR count). The highest BCUT2D eigenvalue weighted by Crippen LogP contribution is 2.25. The highest BCUT2D eigenvalue weighted by Gasteiger charge is 2.16. The van der Waals surface area contributed by atoms with Crippen LogP contribution in [0.4, 0.5) is 0 Å². The highest BCUT2D eigenvalue weighted by molar-refractivity contribution is 6.32. The van der Waals surface area contributed by atoms with Gasteiger partial charge in [0.2, 0.25) is 0 Å². The van der Waals surface area contributed by atoms with Gasteiger partial charge < -0.3 is 9.47 Å². The maximum Gasteiger partial charge on any atom is 0.176 e. The predicted octanol–water partition coefficient (Wildman–Crippen LogP) is 2.89. The number of rotatable bonds is 8. The van der Waals surface area contributed by atoms with Crippen LogP contribution in [0.25, 0.3) is 0 Å². The molecule has 0 radical (unpaired) electrons. The smallest absolute Gasteiger partial charge is 0.176 e. The Morgan fingerprint density at radius 3 is 2.55 bits per heavy atom. The number of benzene rings is 1. The molecule has 0 fully saturated rings. The molecule has 0 bridgehead atoms. The fraction of sp³-hybridized carbons (Fsp3) is 0.533. The molecule has 0 heterocycles. The fourth-order valence-corrected chi connectivity index (χ4v) is 2.10. The van der Waals surface area contributed by atoms with Gasteiger partial charge in [-0.05, 0) is 32.0 Å². The first-order chi connectivity index (χ1) is 9.49. The van der Waals surface area contributed by atoms with Crippen molar-refractivity contribution in [3.63, 3.8) is 0 Å². The topological polar surface area (TPSA) is 38.8 Å². The maximum absolute atomic E-state index is 12.3. The molecule has 1 aromatic rings. The molecule has 0 aliphatic heterocycles. The highest BCUT2D eigenvalue weighted by atomic mass is 35.5. The molecule has 0 aliphatic rings. The SMILES string of the molecule is COCCN(CC(=O)c1ccc(OC)c(Cl)c1)C(C)C. The Balaban J connectivity index is 2.75. The molecule has 0 saturated carbocycles. The van der Waals surface area contributed by atoms with Gasteiger partial charge in [-0.3, -0.25) is 9.69 Å². The van der Waals surface area contributed by atoms with Gasteiger partial charge in [0.05, 0.1) is 25.3 Å². The second kappa shape index (κ2) is 8.25. The summed E-state index contributed by atoms with van der Waals surface area (Å²) in [7, 11) is 3.21. The number of halogens is 1. The molecule has 0 N–H and O–H groups in total. The standard InChI is InChI=1S/C15H22ClNO3/c1-11(2)17(7-8-19-3)10-14(18)12-5-6-15(20-4)13(16)9-12/h5-6,9,11H,7-8,10H2,1-4H3. The van der Waals surface area contributed by atoms with E-state index in [-0.39, 0.29) is 11.8 Å². The summed E-state index contributed by atoms with van der Waals surface area (Å²) in [5.74, 6) is 0.614. The average Bonchev–Trinajstić information content (AvgIpc) is 2.42. The fourth-order valence-electron chi connectivity index (χ4n) is 1.84. The van der Waals surface area contributed by atoms with Gasteiger partial charge in [-0.25, -0.2) is 0 Å². The van der Waals surface area contributed by atoms with Crippen LogP contribution in [0.2, 0.25) is 5.02 Å². The largest absolute Gasteiger partial charge is 0.495 e. The minimum absolute atomic E-state index is 0.0411. The van der Waals surface area contributed by atoms with Crippen LogP contribution in [0, 0.1) is 0 Å². The number of ketones is 1. The number of methoxy groups -OCH3 is 2. The van der Waals surface area contributed by atoms with Crippen LogP contribution in [-0.4, -0.2) is 50.6 Å². The molecule has 1 aromatic carbocycles. The number of carbonyl (C=O) groups excluding carboxylic acids is 1. The van der Waals surface area contributed by atoms with Crippen molar-refractivity contribution in [1.82, 2.24) is 4.90 Å². The monoisotopic (exact) mass is 299 g/mol. The van der Waals surface area contributed by atoms with Crippen molar-refractivity contribution in [3.05, 3.63) is 28.8 Å². The van der Waals surface area contributed by atoms with Crippen molar-refractivity contribution in [3.8, 4) is 5.75 Å². The van der Waals surface area contributed by atoms with Crippen LogP contribution in [0.1, 0.15) is 24.2 Å². The summed E-state index contributed by atoms with van der Waals surface area (Å²) >= 11 is 6.05. The third kappa shape index (κ3) is 4.78. The van der Waals surface area contributed by atoms with Gasteiger partial charge in [-0.15, -0.1) is 0 Å². The number of Topliss-reactive ketones (excluding diaryl/α,β-unsaturated/α-hetero) is 1. The predicted molar refractivity (Wildman–Crippen MR) is 80.9 cm³/mol. The molecule has 20 heavy (non-hydrogen) atoms. The quantitative estimate of drug-likeness (QED) is 0.692. The molecule has 0 unspecified atom stereocenters. The third-order valence-electron chi connectivity index (χ3n) is 3.13. The molecule has 5 heteroatoms. The summed E-state index contributed by atoms with van der Waals surface area (Å²) in [4.78, 5) is 14.4. The average molecular weight is 300 g/mol. The van der Waals surface area contributed by atoms with Gasteiger partial charge >= 0.3 is 0 Å². The van der Waals surface area contributed by atoms with Crippen molar-refractivity contribution in [1.29, 1.82) is 0 Å². The Bertz CT molecular complexity index is 449. The Kier molecular flexibility index (Phi) is 6.99. The molecule has 0 aliphatic carbocycles. The van der Waals surface area contributed by atoms with E-state index in [0.717, 1.165) is 6.54 Å². The first-order valence-corrected chi connectivity index (χ1v) is 6.97. The lowest BCUT2D eigenvalue weighted by Crippen LogP contribution is -2.38. The molecule has 0 atom stereocenters. The summed E-state index contributed by atoms with van der Waals surface area (Å²) in [5.41, 5.74) is 0.596. The Labute approximate surface area is 125 Å². The van der Waals surface area contributed by atoms with Crippen LogP contribution >= 0.6 is 11.6 Å². The zero-order valence-corrected chi connectivity index (χ0v) is 13.2. The van der Waals surface area contributed by atoms with Crippen molar-refractivity contribution < 1.29 is 14.3 Å². The van der Waals surface area contributed by atoms with E-state index >= 15 is 0 Å². The van der Waals surface area contributed by atoms with Gasteiger partial charge in [0.15, 0.2) is 5.78 Å². The zero-order chi connectivity index (χ0) is 15.1. The van der Waals surface area contributed by atoms with Crippen molar-refractivity contribution in [2.75, 3.05) is 33.9 Å². The normalized spacial score (nSPS) is 11.2. The van der Waals surface area contributed by atoms with E-state index in [2.05, 4.69) is 18.7 Å². The minimum Gasteiger partial charge on any atom is -0.495 e. The van der Waals surface area contributed by atoms with E-state index in [1.165, 1.54) is 0 Å². The first-order valence-electron chi connectivity index (χ1n) is 6.59. The lowest BCUT2D eigenvalue weighted by molar-refractivity contribution is 0.0852. The van der Waals surface area contributed by atoms with Crippen LogP contribution in [0.15, 0.2) is 18.2 Å². The van der Waals surface area contributed by atoms with Crippen molar-refractivity contribution in [2.24, 2.45) is 0 Å². The second-order valence-corrected chi connectivity index (χ2v) is 5.24.